The van der Waals surface area contributed by atoms with E-state index >= 15 is 0 Å². The molecular weight excluding hydrogens is 252 g/mol. The standard InChI is InChI=1S/C21H20/c1-11-6-7-16-10-12(2)19-15(5)13(3)14(4)18-9-8-17(11)20(16)21(18)19/h6-10H,1-5H3. The Bertz CT molecular complexity index is 1020. The van der Waals surface area contributed by atoms with Crippen LogP contribution < -0.4 is 0 Å². The molecule has 21 heavy (non-hydrogen) atoms. The topological polar surface area (TPSA) is 0 Å². The highest BCUT2D eigenvalue weighted by Crippen LogP contribution is 2.41. The lowest BCUT2D eigenvalue weighted by atomic mass is 9.84. The average Bonchev–Trinajstić information content (AvgIpc) is 2.47. The summed E-state index contributed by atoms with van der Waals surface area (Å²) in [5.41, 5.74) is 7.05. The number of rotatable bonds is 0. The molecule has 0 N–H and O–H groups in total. The van der Waals surface area contributed by atoms with Crippen LogP contribution in [0.15, 0.2) is 30.3 Å². The zero-order chi connectivity index (χ0) is 14.9. The molecule has 0 aliphatic heterocycles. The Morgan fingerprint density at radius 2 is 1.24 bits per heavy atom. The molecule has 104 valence electrons. The molecule has 0 heterocycles. The summed E-state index contributed by atoms with van der Waals surface area (Å²) in [5.74, 6) is 0. The van der Waals surface area contributed by atoms with Gasteiger partial charge in [-0.05, 0) is 94.8 Å². The second-order valence-corrected chi connectivity index (χ2v) is 6.46. The Labute approximate surface area is 125 Å². The fraction of sp³-hybridized carbons (Fsp3) is 0.238. The van der Waals surface area contributed by atoms with Gasteiger partial charge in [-0.1, -0.05) is 30.3 Å². The first-order valence-corrected chi connectivity index (χ1v) is 7.65. The van der Waals surface area contributed by atoms with Crippen molar-refractivity contribution < 1.29 is 0 Å². The van der Waals surface area contributed by atoms with Gasteiger partial charge in [0.2, 0.25) is 0 Å². The maximum Gasteiger partial charge on any atom is -0.00185 e. The summed E-state index contributed by atoms with van der Waals surface area (Å²) in [4.78, 5) is 0. The van der Waals surface area contributed by atoms with Crippen LogP contribution in [0.3, 0.4) is 0 Å². The van der Waals surface area contributed by atoms with E-state index in [9.17, 15) is 0 Å². The Morgan fingerprint density at radius 1 is 0.524 bits per heavy atom. The number of hydrogen-bond donors (Lipinski definition) is 0. The predicted molar refractivity (Wildman–Crippen MR) is 93.8 cm³/mol. The molecule has 4 aromatic carbocycles. The average molecular weight is 272 g/mol. The van der Waals surface area contributed by atoms with E-state index in [1.165, 1.54) is 60.1 Å². The summed E-state index contributed by atoms with van der Waals surface area (Å²) in [6.45, 7) is 11.2. The maximum atomic E-state index is 2.35. The first-order valence-electron chi connectivity index (χ1n) is 7.65. The summed E-state index contributed by atoms with van der Waals surface area (Å²) in [6, 6.07) is 11.5. The SMILES string of the molecule is Cc1c(C)c2ccc3c(C)ccc4cc(C)c(c1C)c2c43. The second kappa shape index (κ2) is 3.98. The van der Waals surface area contributed by atoms with Crippen molar-refractivity contribution in [3.63, 3.8) is 0 Å². The monoisotopic (exact) mass is 272 g/mol. The molecule has 0 unspecified atom stereocenters. The summed E-state index contributed by atoms with van der Waals surface area (Å²) < 4.78 is 0. The van der Waals surface area contributed by atoms with Crippen LogP contribution in [0.2, 0.25) is 0 Å². The van der Waals surface area contributed by atoms with Gasteiger partial charge in [0.05, 0.1) is 0 Å². The van der Waals surface area contributed by atoms with Crippen molar-refractivity contribution in [3.8, 4) is 0 Å². The maximum absolute atomic E-state index is 2.35. The molecule has 0 aromatic heterocycles. The Morgan fingerprint density at radius 3 is 2.00 bits per heavy atom. The highest BCUT2D eigenvalue weighted by atomic mass is 14.2. The van der Waals surface area contributed by atoms with Crippen molar-refractivity contribution in [2.45, 2.75) is 34.6 Å². The van der Waals surface area contributed by atoms with Gasteiger partial charge in [0.15, 0.2) is 0 Å². The van der Waals surface area contributed by atoms with Crippen LogP contribution in [0.25, 0.3) is 32.3 Å². The van der Waals surface area contributed by atoms with E-state index in [-0.39, 0.29) is 0 Å². The largest absolute Gasteiger partial charge is 0.0581 e. The summed E-state index contributed by atoms with van der Waals surface area (Å²) >= 11 is 0. The van der Waals surface area contributed by atoms with Crippen LogP contribution in [0.5, 0.6) is 0 Å². The van der Waals surface area contributed by atoms with E-state index < -0.39 is 0 Å². The lowest BCUT2D eigenvalue weighted by molar-refractivity contribution is 1.31. The van der Waals surface area contributed by atoms with Gasteiger partial charge in [-0.3, -0.25) is 0 Å². The molecule has 0 atom stereocenters. The van der Waals surface area contributed by atoms with Crippen LogP contribution in [0.1, 0.15) is 27.8 Å². The minimum atomic E-state index is 1.37. The molecule has 0 saturated heterocycles. The van der Waals surface area contributed by atoms with Gasteiger partial charge in [-0.15, -0.1) is 0 Å². The van der Waals surface area contributed by atoms with E-state index in [2.05, 4.69) is 65.0 Å². The molecule has 0 bridgehead atoms. The van der Waals surface area contributed by atoms with Crippen molar-refractivity contribution >= 4 is 32.3 Å². The van der Waals surface area contributed by atoms with Crippen LogP contribution in [-0.4, -0.2) is 0 Å². The van der Waals surface area contributed by atoms with E-state index in [1.54, 1.807) is 0 Å². The highest BCUT2D eigenvalue weighted by molar-refractivity contribution is 6.25. The molecule has 0 fully saturated rings. The van der Waals surface area contributed by atoms with Crippen molar-refractivity contribution in [3.05, 3.63) is 58.1 Å². The number of hydrogen-bond acceptors (Lipinski definition) is 0. The zero-order valence-corrected chi connectivity index (χ0v) is 13.4. The molecular formula is C21H20. The first-order chi connectivity index (χ1) is 10.0. The quantitative estimate of drug-likeness (QED) is 0.338. The second-order valence-electron chi connectivity index (χ2n) is 6.46. The number of aryl methyl sites for hydroxylation is 4. The molecule has 0 amide bonds. The van der Waals surface area contributed by atoms with Crippen LogP contribution >= 0.6 is 0 Å². The van der Waals surface area contributed by atoms with Gasteiger partial charge in [-0.2, -0.15) is 0 Å². The summed E-state index contributed by atoms with van der Waals surface area (Å²) in [6.07, 6.45) is 0. The third-order valence-electron chi connectivity index (χ3n) is 5.35. The third kappa shape index (κ3) is 1.45. The normalized spacial score (nSPS) is 12.0. The van der Waals surface area contributed by atoms with Crippen LogP contribution in [0, 0.1) is 34.6 Å². The van der Waals surface area contributed by atoms with Gasteiger partial charge in [0, 0.05) is 0 Å². The molecule has 0 aliphatic carbocycles. The van der Waals surface area contributed by atoms with Gasteiger partial charge >= 0.3 is 0 Å². The third-order valence-corrected chi connectivity index (χ3v) is 5.35. The first kappa shape index (κ1) is 12.6. The Kier molecular flexibility index (Phi) is 2.39. The fourth-order valence-corrected chi connectivity index (χ4v) is 3.97. The fourth-order valence-electron chi connectivity index (χ4n) is 3.97. The molecule has 4 aromatic rings. The van der Waals surface area contributed by atoms with Crippen molar-refractivity contribution in [2.24, 2.45) is 0 Å². The zero-order valence-electron chi connectivity index (χ0n) is 13.4. The lowest BCUT2D eigenvalue weighted by Crippen LogP contribution is -1.96. The number of benzene rings is 4. The molecule has 0 spiro atoms. The molecule has 4 rings (SSSR count). The Hall–Kier alpha value is -2.08. The summed E-state index contributed by atoms with van der Waals surface area (Å²) in [5, 5.41) is 8.55. The van der Waals surface area contributed by atoms with Crippen LogP contribution in [0.4, 0.5) is 0 Å². The van der Waals surface area contributed by atoms with Gasteiger partial charge in [0.1, 0.15) is 0 Å². The minimum Gasteiger partial charge on any atom is -0.0581 e. The van der Waals surface area contributed by atoms with Crippen molar-refractivity contribution in [2.75, 3.05) is 0 Å². The molecule has 0 saturated carbocycles. The molecule has 0 radical (unpaired) electrons. The van der Waals surface area contributed by atoms with Gasteiger partial charge in [0.25, 0.3) is 0 Å². The van der Waals surface area contributed by atoms with Crippen molar-refractivity contribution in [1.82, 2.24) is 0 Å². The van der Waals surface area contributed by atoms with E-state index in [0.717, 1.165) is 0 Å². The van der Waals surface area contributed by atoms with E-state index in [4.69, 9.17) is 0 Å². The summed E-state index contributed by atoms with van der Waals surface area (Å²) in [7, 11) is 0. The highest BCUT2D eigenvalue weighted by Gasteiger charge is 2.16. The Balaban J connectivity index is 2.49. The van der Waals surface area contributed by atoms with Crippen LogP contribution in [-0.2, 0) is 0 Å². The molecule has 0 heteroatoms. The molecule has 0 nitrogen and oxygen atoms in total. The van der Waals surface area contributed by atoms with Crippen molar-refractivity contribution in [1.29, 1.82) is 0 Å². The minimum absolute atomic E-state index is 1.37. The predicted octanol–water partition coefficient (Wildman–Crippen LogP) is 6.13. The smallest absolute Gasteiger partial charge is 0.00185 e. The van der Waals surface area contributed by atoms with E-state index in [1.807, 2.05) is 0 Å². The van der Waals surface area contributed by atoms with E-state index in [0.29, 0.717) is 0 Å². The van der Waals surface area contributed by atoms with Gasteiger partial charge in [-0.25, -0.2) is 0 Å². The lowest BCUT2D eigenvalue weighted by Gasteiger charge is -2.19. The van der Waals surface area contributed by atoms with Gasteiger partial charge < -0.3 is 0 Å². The molecule has 0 aliphatic rings.